The standard InChI is InChI=1S/C27H30F3N5O5S/c1-15-10-16(12-17(11-15)33-23-31-8-6-20(34-23)27(28,29)30)19-14-32-22(41-19)26(38)7-9-35(18(13-26)21(36)39-5)24(37)40-25(2,3)4/h6,8,10-12,14,18,38H,7,9,13H2,1-5H3,(H,31,33,34). The number of alkyl halides is 3. The molecule has 3 aromatic rings. The summed E-state index contributed by atoms with van der Waals surface area (Å²) in [6.45, 7) is 7.01. The number of carbonyl (C=O) groups excluding carboxylic acids is 2. The van der Waals surface area contributed by atoms with E-state index in [0.29, 0.717) is 21.1 Å². The molecule has 1 aromatic carbocycles. The lowest BCUT2D eigenvalue weighted by atomic mass is 9.87. The molecule has 0 saturated carbocycles. The van der Waals surface area contributed by atoms with E-state index in [1.807, 2.05) is 13.0 Å². The second kappa shape index (κ2) is 11.2. The van der Waals surface area contributed by atoms with Gasteiger partial charge in [0.05, 0.1) is 12.0 Å². The number of ether oxygens (including phenoxy) is 2. The minimum absolute atomic E-state index is 0.0373. The highest BCUT2D eigenvalue weighted by Gasteiger charge is 2.47. The number of hydrogen-bond acceptors (Lipinski definition) is 10. The van der Waals surface area contributed by atoms with Gasteiger partial charge in [-0.1, -0.05) is 6.07 Å². The third kappa shape index (κ3) is 7.11. The molecule has 2 unspecified atom stereocenters. The molecule has 0 aliphatic carbocycles. The van der Waals surface area contributed by atoms with Gasteiger partial charge in [-0.3, -0.25) is 4.90 Å². The number of nitrogens with one attached hydrogen (secondary N) is 1. The van der Waals surface area contributed by atoms with Crippen LogP contribution in [0.3, 0.4) is 0 Å². The Morgan fingerprint density at radius 2 is 1.93 bits per heavy atom. The first kappa shape index (κ1) is 30.2. The molecule has 1 aliphatic heterocycles. The maximum absolute atomic E-state index is 13.1. The molecule has 3 heterocycles. The third-order valence-corrected chi connectivity index (χ3v) is 7.48. The third-order valence-electron chi connectivity index (χ3n) is 6.24. The van der Waals surface area contributed by atoms with Gasteiger partial charge in [0.1, 0.15) is 27.9 Å². The number of carbonyl (C=O) groups is 2. The van der Waals surface area contributed by atoms with E-state index in [-0.39, 0.29) is 25.3 Å². The van der Waals surface area contributed by atoms with Gasteiger partial charge in [0.15, 0.2) is 0 Å². The first-order valence-corrected chi connectivity index (χ1v) is 13.4. The zero-order valence-corrected chi connectivity index (χ0v) is 23.9. The number of thiazole rings is 1. The highest BCUT2D eigenvalue weighted by Crippen LogP contribution is 2.41. The molecule has 1 amide bonds. The summed E-state index contributed by atoms with van der Waals surface area (Å²) in [6.07, 6.45) is -2.71. The van der Waals surface area contributed by atoms with Gasteiger partial charge in [-0.2, -0.15) is 13.2 Å². The number of likely N-dealkylation sites (tertiary alicyclic amines) is 1. The van der Waals surface area contributed by atoms with Gasteiger partial charge in [-0.15, -0.1) is 11.3 Å². The predicted octanol–water partition coefficient (Wildman–Crippen LogP) is 5.43. The van der Waals surface area contributed by atoms with Crippen molar-refractivity contribution in [3.8, 4) is 10.4 Å². The van der Waals surface area contributed by atoms with E-state index in [1.54, 1.807) is 39.1 Å². The van der Waals surface area contributed by atoms with Crippen molar-refractivity contribution in [3.63, 3.8) is 0 Å². The highest BCUT2D eigenvalue weighted by molar-refractivity contribution is 7.15. The number of aliphatic hydroxyl groups is 1. The number of benzene rings is 1. The Hall–Kier alpha value is -3.78. The molecule has 10 nitrogen and oxygen atoms in total. The molecule has 4 rings (SSSR count). The van der Waals surface area contributed by atoms with Crippen LogP contribution in [0.4, 0.5) is 29.6 Å². The maximum Gasteiger partial charge on any atom is 0.433 e. The van der Waals surface area contributed by atoms with E-state index in [0.717, 1.165) is 17.8 Å². The van der Waals surface area contributed by atoms with E-state index in [9.17, 15) is 27.9 Å². The van der Waals surface area contributed by atoms with Gasteiger partial charge >= 0.3 is 18.2 Å². The largest absolute Gasteiger partial charge is 0.467 e. The molecule has 1 saturated heterocycles. The van der Waals surface area contributed by atoms with Crippen molar-refractivity contribution < 1.29 is 37.3 Å². The monoisotopic (exact) mass is 593 g/mol. The smallest absolute Gasteiger partial charge is 0.433 e. The summed E-state index contributed by atoms with van der Waals surface area (Å²) in [5.74, 6) is -0.891. The number of rotatable bonds is 5. The van der Waals surface area contributed by atoms with Crippen molar-refractivity contribution in [1.82, 2.24) is 19.9 Å². The molecule has 0 bridgehead atoms. The number of piperidine rings is 1. The Kier molecular flexibility index (Phi) is 8.28. The molecule has 41 heavy (non-hydrogen) atoms. The van der Waals surface area contributed by atoms with E-state index in [2.05, 4.69) is 20.3 Å². The van der Waals surface area contributed by atoms with E-state index >= 15 is 0 Å². The van der Waals surface area contributed by atoms with Crippen LogP contribution in [0.1, 0.15) is 49.9 Å². The summed E-state index contributed by atoms with van der Waals surface area (Å²) >= 11 is 1.21. The Morgan fingerprint density at radius 1 is 1.20 bits per heavy atom. The topological polar surface area (TPSA) is 127 Å². The number of aromatic nitrogens is 3. The first-order chi connectivity index (χ1) is 19.1. The highest BCUT2D eigenvalue weighted by atomic mass is 32.1. The lowest BCUT2D eigenvalue weighted by Gasteiger charge is -2.41. The van der Waals surface area contributed by atoms with Gasteiger partial charge in [0.25, 0.3) is 0 Å². The van der Waals surface area contributed by atoms with Crippen LogP contribution in [0.15, 0.2) is 36.7 Å². The van der Waals surface area contributed by atoms with E-state index < -0.39 is 41.2 Å². The van der Waals surface area contributed by atoms with Gasteiger partial charge in [-0.05, 0) is 57.0 Å². The van der Waals surface area contributed by atoms with Crippen molar-refractivity contribution in [1.29, 1.82) is 0 Å². The van der Waals surface area contributed by atoms with Crippen LogP contribution in [0.2, 0.25) is 0 Å². The average molecular weight is 594 g/mol. The van der Waals surface area contributed by atoms with E-state index in [4.69, 9.17) is 9.47 Å². The summed E-state index contributed by atoms with van der Waals surface area (Å²) in [5, 5.41) is 14.7. The summed E-state index contributed by atoms with van der Waals surface area (Å²) < 4.78 is 49.5. The summed E-state index contributed by atoms with van der Waals surface area (Å²) in [7, 11) is 1.21. The summed E-state index contributed by atoms with van der Waals surface area (Å²) in [4.78, 5) is 39.2. The van der Waals surface area contributed by atoms with Crippen LogP contribution in [-0.2, 0) is 26.0 Å². The van der Waals surface area contributed by atoms with Crippen LogP contribution < -0.4 is 5.32 Å². The van der Waals surface area contributed by atoms with Crippen molar-refractivity contribution >= 4 is 35.0 Å². The van der Waals surface area contributed by atoms with Gasteiger partial charge < -0.3 is 19.9 Å². The lowest BCUT2D eigenvalue weighted by molar-refractivity contribution is -0.154. The summed E-state index contributed by atoms with van der Waals surface area (Å²) in [5.41, 5.74) is -1.39. The minimum atomic E-state index is -4.60. The Bertz CT molecular complexity index is 1440. The molecule has 14 heteroatoms. The Morgan fingerprint density at radius 3 is 2.59 bits per heavy atom. The van der Waals surface area contributed by atoms with Crippen LogP contribution in [0.5, 0.6) is 0 Å². The number of esters is 1. The van der Waals surface area contributed by atoms with Crippen LogP contribution >= 0.6 is 11.3 Å². The van der Waals surface area contributed by atoms with Gasteiger partial charge in [-0.25, -0.2) is 24.5 Å². The number of amides is 1. The number of anilines is 2. The fraction of sp³-hybridized carbons (Fsp3) is 0.444. The van der Waals surface area contributed by atoms with Crippen molar-refractivity contribution in [3.05, 3.63) is 52.9 Å². The van der Waals surface area contributed by atoms with Crippen LogP contribution in [0.25, 0.3) is 10.4 Å². The number of methoxy groups -OCH3 is 1. The van der Waals surface area contributed by atoms with Crippen molar-refractivity contribution in [2.75, 3.05) is 19.0 Å². The quantitative estimate of drug-likeness (QED) is 0.372. The van der Waals surface area contributed by atoms with Crippen molar-refractivity contribution in [2.45, 2.75) is 64.0 Å². The fourth-order valence-corrected chi connectivity index (χ4v) is 5.43. The minimum Gasteiger partial charge on any atom is -0.467 e. The van der Waals surface area contributed by atoms with Crippen molar-refractivity contribution in [2.24, 2.45) is 0 Å². The van der Waals surface area contributed by atoms with Crippen LogP contribution in [-0.4, -0.2) is 62.3 Å². The molecule has 1 fully saturated rings. The predicted molar refractivity (Wildman–Crippen MR) is 144 cm³/mol. The van der Waals surface area contributed by atoms with E-state index in [1.165, 1.54) is 23.3 Å². The molecule has 0 spiro atoms. The molecule has 2 N–H and O–H groups in total. The second-order valence-corrected chi connectivity index (χ2v) is 11.7. The zero-order valence-electron chi connectivity index (χ0n) is 23.1. The lowest BCUT2D eigenvalue weighted by Crippen LogP contribution is -2.55. The Labute approximate surface area is 238 Å². The number of hydrogen-bond donors (Lipinski definition) is 2. The molecular formula is C27H30F3N5O5S. The Balaban J connectivity index is 1.57. The first-order valence-electron chi connectivity index (χ1n) is 12.6. The van der Waals surface area contributed by atoms with Crippen LogP contribution in [0, 0.1) is 6.92 Å². The maximum atomic E-state index is 13.1. The number of aryl methyl sites for hydroxylation is 1. The molecule has 0 radical (unpaired) electrons. The number of halogens is 3. The second-order valence-electron chi connectivity index (χ2n) is 10.7. The molecule has 2 atom stereocenters. The molecular weight excluding hydrogens is 563 g/mol. The number of nitrogens with zero attached hydrogens (tertiary/aromatic N) is 4. The van der Waals surface area contributed by atoms with Gasteiger partial charge in [0, 0.05) is 37.5 Å². The fourth-order valence-electron chi connectivity index (χ4n) is 4.40. The summed E-state index contributed by atoms with van der Waals surface area (Å²) in [6, 6.07) is 5.01. The van der Waals surface area contributed by atoms with Gasteiger partial charge in [0.2, 0.25) is 5.95 Å². The SMILES string of the molecule is COC(=O)C1CC(O)(c2ncc(-c3cc(C)cc(Nc4nccc(C(F)(F)F)n4)c3)s2)CCN1C(=O)OC(C)(C)C. The molecule has 2 aromatic heterocycles. The molecule has 220 valence electrons. The average Bonchev–Trinajstić information content (AvgIpc) is 3.38. The zero-order chi connectivity index (χ0) is 30.2. The molecule has 1 aliphatic rings. The normalized spacial score (nSPS) is 19.5.